The Bertz CT molecular complexity index is 325. The number of aromatic nitrogens is 1. The van der Waals surface area contributed by atoms with E-state index in [4.69, 9.17) is 4.74 Å². The Labute approximate surface area is 102 Å². The lowest BCUT2D eigenvalue weighted by Crippen LogP contribution is -2.28. The van der Waals surface area contributed by atoms with Crippen molar-refractivity contribution >= 4 is 15.6 Å². The first kappa shape index (κ1) is 13.2. The molecule has 0 N–H and O–H groups in total. The second-order valence-corrected chi connectivity index (χ2v) is 6.06. The lowest BCUT2D eigenvalue weighted by atomic mass is 9.97. The summed E-state index contributed by atoms with van der Waals surface area (Å²) in [5.41, 5.74) is 0. The molecule has 16 heavy (non-hydrogen) atoms. The average Bonchev–Trinajstić information content (AvgIpc) is 2.19. The van der Waals surface area contributed by atoms with Crippen LogP contribution in [0.1, 0.15) is 34.1 Å². The van der Waals surface area contributed by atoms with Crippen LogP contribution in [0.4, 0.5) is 0 Å². The molecule has 0 aromatic carbocycles. The van der Waals surface area contributed by atoms with Gasteiger partial charge < -0.3 is 4.74 Å². The molecule has 2 nitrogen and oxygen atoms in total. The summed E-state index contributed by atoms with van der Waals surface area (Å²) < 4.78 is 6.09. The van der Waals surface area contributed by atoms with Crippen molar-refractivity contribution in [3.63, 3.8) is 0 Å². The number of pyridine rings is 1. The van der Waals surface area contributed by atoms with Crippen LogP contribution in [-0.2, 0) is 0 Å². The van der Waals surface area contributed by atoms with Crippen LogP contribution in [0, 0.1) is 11.8 Å². The average molecular weight is 237 g/mol. The number of ether oxygens (including phenoxy) is 1. The first-order valence-electron chi connectivity index (χ1n) is 6.09. The van der Waals surface area contributed by atoms with E-state index in [2.05, 4.69) is 32.7 Å². The van der Waals surface area contributed by atoms with Crippen LogP contribution in [0.5, 0.6) is 5.75 Å². The Morgan fingerprint density at radius 3 is 2.50 bits per heavy atom. The van der Waals surface area contributed by atoms with Crippen molar-refractivity contribution in [1.29, 1.82) is 0 Å². The molecule has 0 spiro atoms. The zero-order chi connectivity index (χ0) is 12.1. The molecule has 0 radical (unpaired) electrons. The molecule has 0 saturated heterocycles. The predicted octanol–water partition coefficient (Wildman–Crippen LogP) is 1.52. The summed E-state index contributed by atoms with van der Waals surface area (Å²) in [4.78, 5) is 4.31. The van der Waals surface area contributed by atoms with Gasteiger partial charge >= 0.3 is 0 Å². The third-order valence-corrected chi connectivity index (χ3v) is 3.44. The molecule has 1 rings (SSSR count). The molecule has 1 aromatic heterocycles. The topological polar surface area (TPSA) is 22.1 Å². The number of rotatable bonds is 5. The summed E-state index contributed by atoms with van der Waals surface area (Å²) in [7, 11) is 0.939. The van der Waals surface area contributed by atoms with Crippen LogP contribution in [-0.4, -0.2) is 21.3 Å². The van der Waals surface area contributed by atoms with Crippen molar-refractivity contribution in [2.45, 2.75) is 40.2 Å². The Morgan fingerprint density at radius 2 is 2.00 bits per heavy atom. The minimum absolute atomic E-state index is 0.303. The fourth-order valence-electron chi connectivity index (χ4n) is 1.68. The Morgan fingerprint density at radius 1 is 1.31 bits per heavy atom. The van der Waals surface area contributed by atoms with Gasteiger partial charge in [0, 0.05) is 6.20 Å². The Hall–Kier alpha value is -0.833. The minimum Gasteiger partial charge on any atom is -0.489 e. The van der Waals surface area contributed by atoms with E-state index in [1.54, 1.807) is 0 Å². The molecule has 0 aliphatic carbocycles. The van der Waals surface area contributed by atoms with Gasteiger partial charge in [-0.2, -0.15) is 0 Å². The second-order valence-electron chi connectivity index (χ2n) is 5.12. The third kappa shape index (κ3) is 3.97. The van der Waals surface area contributed by atoms with Crippen LogP contribution in [0.25, 0.3) is 0 Å². The first-order chi connectivity index (χ1) is 7.50. The maximum absolute atomic E-state index is 6.09. The Kier molecular flexibility index (Phi) is 4.99. The molecular formula is C13H23NOSi. The fourth-order valence-corrected chi connectivity index (χ4v) is 2.11. The highest BCUT2D eigenvalue weighted by atomic mass is 28.1. The molecule has 0 aliphatic heterocycles. The van der Waals surface area contributed by atoms with Crippen LogP contribution in [0.3, 0.4) is 0 Å². The smallest absolute Gasteiger partial charge is 0.135 e. The summed E-state index contributed by atoms with van der Waals surface area (Å²) >= 11 is 0. The standard InChI is InChI=1S/C13H23NOSi/c1-9(2)8-12(10(3)4)15-11-6-5-7-14-13(11)16/h5-7,9-10,12H,8H2,1-4,16H3. The molecule has 0 saturated carbocycles. The largest absolute Gasteiger partial charge is 0.489 e. The number of nitrogens with zero attached hydrogens (tertiary/aromatic N) is 1. The van der Waals surface area contributed by atoms with Gasteiger partial charge in [-0.15, -0.1) is 0 Å². The van der Waals surface area contributed by atoms with E-state index in [9.17, 15) is 0 Å². The van der Waals surface area contributed by atoms with Crippen molar-refractivity contribution in [1.82, 2.24) is 4.98 Å². The van der Waals surface area contributed by atoms with Crippen LogP contribution >= 0.6 is 0 Å². The van der Waals surface area contributed by atoms with Crippen molar-refractivity contribution in [3.05, 3.63) is 18.3 Å². The molecule has 1 unspecified atom stereocenters. The van der Waals surface area contributed by atoms with Crippen LogP contribution in [0.15, 0.2) is 18.3 Å². The first-order valence-corrected chi connectivity index (χ1v) is 7.09. The van der Waals surface area contributed by atoms with Gasteiger partial charge in [0.1, 0.15) is 11.9 Å². The van der Waals surface area contributed by atoms with E-state index in [1.165, 1.54) is 0 Å². The molecular weight excluding hydrogens is 214 g/mol. The molecule has 90 valence electrons. The summed E-state index contributed by atoms with van der Waals surface area (Å²) in [5.74, 6) is 2.19. The van der Waals surface area contributed by atoms with Crippen LogP contribution < -0.4 is 10.1 Å². The molecule has 1 heterocycles. The fraction of sp³-hybridized carbons (Fsp3) is 0.615. The van der Waals surface area contributed by atoms with E-state index in [1.807, 2.05) is 18.3 Å². The quantitative estimate of drug-likeness (QED) is 0.725. The normalized spacial score (nSPS) is 13.4. The van der Waals surface area contributed by atoms with Crippen molar-refractivity contribution in [2.24, 2.45) is 11.8 Å². The summed E-state index contributed by atoms with van der Waals surface area (Å²) in [6, 6.07) is 3.98. The molecule has 0 amide bonds. The van der Waals surface area contributed by atoms with E-state index < -0.39 is 0 Å². The molecule has 0 bridgehead atoms. The second kappa shape index (κ2) is 6.04. The zero-order valence-electron chi connectivity index (χ0n) is 11.0. The lowest BCUT2D eigenvalue weighted by Gasteiger charge is -2.24. The third-order valence-electron chi connectivity index (χ3n) is 2.68. The zero-order valence-corrected chi connectivity index (χ0v) is 13.0. The lowest BCUT2D eigenvalue weighted by molar-refractivity contribution is 0.128. The van der Waals surface area contributed by atoms with E-state index in [0.29, 0.717) is 17.9 Å². The monoisotopic (exact) mass is 237 g/mol. The SMILES string of the molecule is CC(C)CC(Oc1cccnc1[SiH3])C(C)C. The summed E-state index contributed by atoms with van der Waals surface area (Å²) in [6.45, 7) is 8.92. The van der Waals surface area contributed by atoms with Gasteiger partial charge in [-0.25, -0.2) is 0 Å². The predicted molar refractivity (Wildman–Crippen MR) is 72.5 cm³/mol. The van der Waals surface area contributed by atoms with Crippen LogP contribution in [0.2, 0.25) is 0 Å². The highest BCUT2D eigenvalue weighted by Gasteiger charge is 2.17. The van der Waals surface area contributed by atoms with E-state index in [0.717, 1.165) is 27.7 Å². The van der Waals surface area contributed by atoms with Gasteiger partial charge in [0.25, 0.3) is 0 Å². The maximum atomic E-state index is 6.09. The van der Waals surface area contributed by atoms with Gasteiger partial charge in [0.2, 0.25) is 0 Å². The van der Waals surface area contributed by atoms with E-state index in [-0.39, 0.29) is 0 Å². The summed E-state index contributed by atoms with van der Waals surface area (Å²) in [5, 5.41) is 1.11. The molecule has 0 aliphatic rings. The van der Waals surface area contributed by atoms with Gasteiger partial charge in [0.05, 0.1) is 15.6 Å². The highest BCUT2D eigenvalue weighted by Crippen LogP contribution is 2.18. The van der Waals surface area contributed by atoms with Crippen molar-refractivity contribution in [3.8, 4) is 5.75 Å². The van der Waals surface area contributed by atoms with E-state index >= 15 is 0 Å². The number of hydrogen-bond donors (Lipinski definition) is 0. The highest BCUT2D eigenvalue weighted by molar-refractivity contribution is 6.32. The van der Waals surface area contributed by atoms with Crippen molar-refractivity contribution < 1.29 is 4.74 Å². The molecule has 0 fully saturated rings. The number of hydrogen-bond acceptors (Lipinski definition) is 2. The van der Waals surface area contributed by atoms with Gasteiger partial charge in [-0.1, -0.05) is 27.7 Å². The molecule has 3 heteroatoms. The van der Waals surface area contributed by atoms with Gasteiger partial charge in [-0.05, 0) is 30.4 Å². The molecule has 1 atom stereocenters. The van der Waals surface area contributed by atoms with Gasteiger partial charge in [0.15, 0.2) is 0 Å². The van der Waals surface area contributed by atoms with Crippen molar-refractivity contribution in [2.75, 3.05) is 0 Å². The molecule has 1 aromatic rings. The van der Waals surface area contributed by atoms with Gasteiger partial charge in [-0.3, -0.25) is 4.98 Å². The maximum Gasteiger partial charge on any atom is 0.135 e. The summed E-state index contributed by atoms with van der Waals surface area (Å²) in [6.07, 6.45) is 3.24. The Balaban J connectivity index is 2.72. The minimum atomic E-state index is 0.303.